The summed E-state index contributed by atoms with van der Waals surface area (Å²) in [4.78, 5) is 10.8. The maximum atomic E-state index is 12.1. The van der Waals surface area contributed by atoms with Crippen molar-refractivity contribution in [2.24, 2.45) is 5.41 Å². The molecule has 0 spiro atoms. The van der Waals surface area contributed by atoms with Gasteiger partial charge in [0.1, 0.15) is 0 Å². The number of hydrogen-bond acceptors (Lipinski definition) is 5. The van der Waals surface area contributed by atoms with Crippen LogP contribution in [-0.2, 0) is 19.4 Å². The lowest BCUT2D eigenvalue weighted by Crippen LogP contribution is -2.48. The minimum absolute atomic E-state index is 0.157. The van der Waals surface area contributed by atoms with Crippen molar-refractivity contribution in [1.82, 2.24) is 4.90 Å². The Morgan fingerprint density at radius 1 is 1.32 bits per heavy atom. The van der Waals surface area contributed by atoms with E-state index in [1.807, 2.05) is 13.1 Å². The van der Waals surface area contributed by atoms with Gasteiger partial charge in [0.05, 0.1) is 23.9 Å². The van der Waals surface area contributed by atoms with Crippen LogP contribution in [0.25, 0.3) is 0 Å². The molecule has 0 aromatic heterocycles. The van der Waals surface area contributed by atoms with E-state index in [4.69, 9.17) is 14.6 Å². The van der Waals surface area contributed by atoms with Crippen molar-refractivity contribution in [3.63, 3.8) is 0 Å². The Morgan fingerprint density at radius 3 is 2.32 bits per heavy atom. The summed E-state index contributed by atoms with van der Waals surface area (Å²) >= 11 is 0. The lowest BCUT2D eigenvalue weighted by molar-refractivity contribution is -0.122. The molecule has 2 rings (SSSR count). The summed E-state index contributed by atoms with van der Waals surface area (Å²) in [5, 5.41) is 6.89. The molecule has 1 aliphatic heterocycles. The van der Waals surface area contributed by atoms with Crippen molar-refractivity contribution < 1.29 is 23.1 Å². The van der Waals surface area contributed by atoms with Crippen molar-refractivity contribution in [3.05, 3.63) is 30.3 Å². The zero-order chi connectivity index (χ0) is 16.6. The monoisotopic (exact) mass is 329 g/mol. The number of nitrogens with zero attached hydrogens (tertiary/aromatic N) is 1. The van der Waals surface area contributed by atoms with E-state index in [-0.39, 0.29) is 17.6 Å². The predicted octanol–water partition coefficient (Wildman–Crippen LogP) is 1.13. The Hall–Kier alpha value is -1.44. The Kier molecular flexibility index (Phi) is 6.99. The Bertz CT molecular complexity index is 555. The van der Waals surface area contributed by atoms with Gasteiger partial charge in [0, 0.05) is 18.5 Å². The number of ether oxygens (including phenoxy) is 1. The van der Waals surface area contributed by atoms with Crippen molar-refractivity contribution in [1.29, 1.82) is 0 Å². The molecule has 0 aliphatic carbocycles. The summed E-state index contributed by atoms with van der Waals surface area (Å²) in [6, 6.07) is 8.63. The van der Waals surface area contributed by atoms with E-state index >= 15 is 0 Å². The SMILES string of the molecule is CN(CCS(=O)(=O)c1ccccc1)CC1(C)COC1.O=CO. The first-order valence-corrected chi connectivity index (χ1v) is 8.60. The Morgan fingerprint density at radius 2 is 1.86 bits per heavy atom. The first-order chi connectivity index (χ1) is 10.3. The van der Waals surface area contributed by atoms with E-state index in [1.54, 1.807) is 24.3 Å². The summed E-state index contributed by atoms with van der Waals surface area (Å²) in [7, 11) is -1.21. The predicted molar refractivity (Wildman–Crippen MR) is 83.6 cm³/mol. The molecule has 0 unspecified atom stereocenters. The molecule has 1 aromatic carbocycles. The molecule has 1 heterocycles. The smallest absolute Gasteiger partial charge is 0.290 e. The highest BCUT2D eigenvalue weighted by Crippen LogP contribution is 2.27. The lowest BCUT2D eigenvalue weighted by atomic mass is 9.88. The molecular weight excluding hydrogens is 306 g/mol. The van der Waals surface area contributed by atoms with Gasteiger partial charge in [-0.05, 0) is 19.2 Å². The highest BCUT2D eigenvalue weighted by molar-refractivity contribution is 7.91. The van der Waals surface area contributed by atoms with Crippen LogP contribution in [0, 0.1) is 5.41 Å². The summed E-state index contributed by atoms with van der Waals surface area (Å²) in [5.74, 6) is 0.157. The average Bonchev–Trinajstić information content (AvgIpc) is 2.45. The molecule has 1 saturated heterocycles. The van der Waals surface area contributed by atoms with E-state index < -0.39 is 9.84 Å². The Balaban J connectivity index is 0.000000745. The van der Waals surface area contributed by atoms with Crippen LogP contribution in [-0.4, -0.2) is 64.0 Å². The van der Waals surface area contributed by atoms with E-state index in [2.05, 4.69) is 11.8 Å². The Labute approximate surface area is 131 Å². The van der Waals surface area contributed by atoms with Gasteiger partial charge in [-0.25, -0.2) is 8.42 Å². The molecular formula is C15H23NO5S. The normalized spacial score (nSPS) is 16.3. The largest absolute Gasteiger partial charge is 0.483 e. The van der Waals surface area contributed by atoms with Crippen LogP contribution in [0.4, 0.5) is 0 Å². The van der Waals surface area contributed by atoms with Gasteiger partial charge in [-0.3, -0.25) is 4.79 Å². The molecule has 0 saturated carbocycles. The van der Waals surface area contributed by atoms with Crippen LogP contribution < -0.4 is 0 Å². The lowest BCUT2D eigenvalue weighted by Gasteiger charge is -2.40. The van der Waals surface area contributed by atoms with Gasteiger partial charge in [-0.1, -0.05) is 25.1 Å². The average molecular weight is 329 g/mol. The first kappa shape index (κ1) is 18.6. The van der Waals surface area contributed by atoms with Gasteiger partial charge in [0.25, 0.3) is 6.47 Å². The van der Waals surface area contributed by atoms with E-state index in [0.717, 1.165) is 19.8 Å². The van der Waals surface area contributed by atoms with E-state index in [1.165, 1.54) is 0 Å². The molecule has 1 fully saturated rings. The van der Waals surface area contributed by atoms with Gasteiger partial charge in [-0.15, -0.1) is 0 Å². The number of sulfone groups is 1. The van der Waals surface area contributed by atoms with Crippen molar-refractivity contribution in [2.45, 2.75) is 11.8 Å². The third kappa shape index (κ3) is 5.75. The summed E-state index contributed by atoms with van der Waals surface area (Å²) in [5.41, 5.74) is 0.186. The molecule has 22 heavy (non-hydrogen) atoms. The quantitative estimate of drug-likeness (QED) is 0.788. The van der Waals surface area contributed by atoms with Gasteiger partial charge >= 0.3 is 0 Å². The molecule has 7 heteroatoms. The second kappa shape index (κ2) is 8.26. The number of carboxylic acid groups (broad SMARTS) is 1. The van der Waals surface area contributed by atoms with Crippen LogP contribution in [0.5, 0.6) is 0 Å². The molecule has 0 amide bonds. The number of benzene rings is 1. The minimum Gasteiger partial charge on any atom is -0.483 e. The number of carbonyl (C=O) groups is 1. The third-order valence-corrected chi connectivity index (χ3v) is 5.11. The fourth-order valence-electron chi connectivity index (χ4n) is 2.29. The van der Waals surface area contributed by atoms with Crippen molar-refractivity contribution in [2.75, 3.05) is 39.1 Å². The first-order valence-electron chi connectivity index (χ1n) is 6.95. The number of hydrogen-bond donors (Lipinski definition) is 1. The summed E-state index contributed by atoms with van der Waals surface area (Å²) in [6.07, 6.45) is 0. The molecule has 1 N–H and O–H groups in total. The minimum atomic E-state index is -3.17. The second-order valence-electron chi connectivity index (χ2n) is 5.78. The highest BCUT2D eigenvalue weighted by atomic mass is 32.2. The van der Waals surface area contributed by atoms with E-state index in [9.17, 15) is 8.42 Å². The maximum Gasteiger partial charge on any atom is 0.290 e. The molecule has 0 bridgehead atoms. The highest BCUT2D eigenvalue weighted by Gasteiger charge is 2.34. The van der Waals surface area contributed by atoms with Crippen molar-refractivity contribution >= 4 is 16.3 Å². The zero-order valence-corrected chi connectivity index (χ0v) is 13.8. The third-order valence-electron chi connectivity index (χ3n) is 3.40. The van der Waals surface area contributed by atoms with Gasteiger partial charge in [0.2, 0.25) is 0 Å². The van der Waals surface area contributed by atoms with Gasteiger partial charge < -0.3 is 14.7 Å². The molecule has 0 radical (unpaired) electrons. The molecule has 124 valence electrons. The van der Waals surface area contributed by atoms with Gasteiger partial charge in [-0.2, -0.15) is 0 Å². The van der Waals surface area contributed by atoms with Crippen LogP contribution in [0.15, 0.2) is 35.2 Å². The van der Waals surface area contributed by atoms with Crippen LogP contribution in [0.2, 0.25) is 0 Å². The molecule has 0 atom stereocenters. The molecule has 1 aromatic rings. The fraction of sp³-hybridized carbons (Fsp3) is 0.533. The van der Waals surface area contributed by atoms with Crippen LogP contribution >= 0.6 is 0 Å². The maximum absolute atomic E-state index is 12.1. The van der Waals surface area contributed by atoms with E-state index in [0.29, 0.717) is 11.4 Å². The fourth-order valence-corrected chi connectivity index (χ4v) is 3.65. The van der Waals surface area contributed by atoms with Gasteiger partial charge in [0.15, 0.2) is 9.84 Å². The summed E-state index contributed by atoms with van der Waals surface area (Å²) < 4.78 is 29.5. The standard InChI is InChI=1S/C14H21NO3S.CH2O2/c1-14(11-18-12-14)10-15(2)8-9-19(16,17)13-6-4-3-5-7-13;2-1-3/h3-7H,8-12H2,1-2H3;1H,(H,2,3). The second-order valence-corrected chi connectivity index (χ2v) is 7.89. The topological polar surface area (TPSA) is 83.9 Å². The van der Waals surface area contributed by atoms with Crippen LogP contribution in [0.1, 0.15) is 6.92 Å². The van der Waals surface area contributed by atoms with Crippen molar-refractivity contribution in [3.8, 4) is 0 Å². The summed E-state index contributed by atoms with van der Waals surface area (Å²) in [6.45, 7) is 4.87. The number of rotatable bonds is 6. The molecule has 1 aliphatic rings. The molecule has 6 nitrogen and oxygen atoms in total. The van der Waals surface area contributed by atoms with Crippen LogP contribution in [0.3, 0.4) is 0 Å². The zero-order valence-electron chi connectivity index (χ0n) is 12.9.